The predicted molar refractivity (Wildman–Crippen MR) is 105 cm³/mol. The molecule has 0 radical (unpaired) electrons. The van der Waals surface area contributed by atoms with Gasteiger partial charge < -0.3 is 5.32 Å². The van der Waals surface area contributed by atoms with E-state index >= 15 is 0 Å². The SMILES string of the molecule is C[C@H](Sc1ccc(Cl)cc1)C(=O)N[C@@H]1CCN(Cc2ccccc2)C1. The number of hydrogen-bond donors (Lipinski definition) is 1. The minimum atomic E-state index is -0.121. The number of rotatable bonds is 6. The molecule has 132 valence electrons. The second kappa shape index (κ2) is 8.75. The molecule has 0 spiro atoms. The van der Waals surface area contributed by atoms with E-state index in [1.807, 2.05) is 37.3 Å². The van der Waals surface area contributed by atoms with Gasteiger partial charge in [0, 0.05) is 35.6 Å². The zero-order valence-electron chi connectivity index (χ0n) is 14.3. The Labute approximate surface area is 158 Å². The highest BCUT2D eigenvalue weighted by Gasteiger charge is 2.25. The fraction of sp³-hybridized carbons (Fsp3) is 0.350. The monoisotopic (exact) mass is 374 g/mol. The van der Waals surface area contributed by atoms with Crippen molar-refractivity contribution >= 4 is 29.3 Å². The third kappa shape index (κ3) is 5.50. The molecule has 1 fully saturated rings. The summed E-state index contributed by atoms with van der Waals surface area (Å²) in [6, 6.07) is 18.3. The summed E-state index contributed by atoms with van der Waals surface area (Å²) in [5, 5.41) is 3.79. The third-order valence-electron chi connectivity index (χ3n) is 4.36. The van der Waals surface area contributed by atoms with Gasteiger partial charge in [-0.3, -0.25) is 9.69 Å². The van der Waals surface area contributed by atoms with E-state index in [0.29, 0.717) is 5.02 Å². The maximum Gasteiger partial charge on any atom is 0.233 e. The van der Waals surface area contributed by atoms with Crippen LogP contribution in [0.1, 0.15) is 18.9 Å². The Hall–Kier alpha value is -1.49. The highest BCUT2D eigenvalue weighted by Crippen LogP contribution is 2.25. The number of halogens is 1. The molecule has 3 nitrogen and oxygen atoms in total. The molecule has 25 heavy (non-hydrogen) atoms. The molecule has 0 unspecified atom stereocenters. The summed E-state index contributed by atoms with van der Waals surface area (Å²) in [7, 11) is 0. The van der Waals surface area contributed by atoms with Crippen LogP contribution < -0.4 is 5.32 Å². The summed E-state index contributed by atoms with van der Waals surface area (Å²) in [5.41, 5.74) is 1.32. The minimum absolute atomic E-state index is 0.103. The Morgan fingerprint density at radius 1 is 1.24 bits per heavy atom. The summed E-state index contributed by atoms with van der Waals surface area (Å²) in [4.78, 5) is 15.9. The molecule has 5 heteroatoms. The molecular formula is C20H23ClN2OS. The molecule has 1 aliphatic heterocycles. The van der Waals surface area contributed by atoms with Crippen LogP contribution in [0.2, 0.25) is 5.02 Å². The van der Waals surface area contributed by atoms with Crippen molar-refractivity contribution in [1.82, 2.24) is 10.2 Å². The summed E-state index contributed by atoms with van der Waals surface area (Å²) in [6.07, 6.45) is 1.01. The van der Waals surface area contributed by atoms with Crippen LogP contribution >= 0.6 is 23.4 Å². The molecule has 1 aliphatic rings. The topological polar surface area (TPSA) is 32.3 Å². The van der Waals surface area contributed by atoms with E-state index in [1.54, 1.807) is 11.8 Å². The van der Waals surface area contributed by atoms with Gasteiger partial charge >= 0.3 is 0 Å². The van der Waals surface area contributed by atoms with Crippen LogP contribution in [0.25, 0.3) is 0 Å². The number of nitrogens with one attached hydrogen (secondary N) is 1. The zero-order chi connectivity index (χ0) is 17.6. The Kier molecular flexibility index (Phi) is 6.40. The van der Waals surface area contributed by atoms with Gasteiger partial charge in [0.2, 0.25) is 5.91 Å². The van der Waals surface area contributed by atoms with Crippen molar-refractivity contribution < 1.29 is 4.79 Å². The van der Waals surface area contributed by atoms with Crippen LogP contribution in [0.15, 0.2) is 59.5 Å². The van der Waals surface area contributed by atoms with Crippen molar-refractivity contribution in [3.05, 3.63) is 65.2 Å². The fourth-order valence-electron chi connectivity index (χ4n) is 3.03. The Bertz CT molecular complexity index is 693. The second-order valence-electron chi connectivity index (χ2n) is 6.43. The van der Waals surface area contributed by atoms with Crippen LogP contribution in [0.3, 0.4) is 0 Å². The van der Waals surface area contributed by atoms with Crippen LogP contribution in [-0.4, -0.2) is 35.2 Å². The maximum absolute atomic E-state index is 12.5. The number of likely N-dealkylation sites (tertiary alicyclic amines) is 1. The molecule has 1 saturated heterocycles. The summed E-state index contributed by atoms with van der Waals surface area (Å²) >= 11 is 7.47. The summed E-state index contributed by atoms with van der Waals surface area (Å²) in [6.45, 7) is 4.84. The lowest BCUT2D eigenvalue weighted by atomic mass is 10.2. The van der Waals surface area contributed by atoms with Crippen molar-refractivity contribution in [2.24, 2.45) is 0 Å². The number of thioether (sulfide) groups is 1. The van der Waals surface area contributed by atoms with Crippen LogP contribution in [0, 0.1) is 0 Å². The zero-order valence-corrected chi connectivity index (χ0v) is 15.9. The number of hydrogen-bond acceptors (Lipinski definition) is 3. The Morgan fingerprint density at radius 2 is 1.96 bits per heavy atom. The summed E-state index contributed by atoms with van der Waals surface area (Å²) < 4.78 is 0. The normalized spacial score (nSPS) is 18.9. The van der Waals surface area contributed by atoms with Crippen LogP contribution in [0.5, 0.6) is 0 Å². The van der Waals surface area contributed by atoms with Gasteiger partial charge in [-0.25, -0.2) is 0 Å². The van der Waals surface area contributed by atoms with E-state index < -0.39 is 0 Å². The minimum Gasteiger partial charge on any atom is -0.351 e. The number of benzene rings is 2. The van der Waals surface area contributed by atoms with Crippen molar-refractivity contribution in [2.45, 2.75) is 36.1 Å². The average Bonchev–Trinajstić information content (AvgIpc) is 3.04. The number of carbonyl (C=O) groups is 1. The van der Waals surface area contributed by atoms with Crippen LogP contribution in [-0.2, 0) is 11.3 Å². The molecule has 0 aliphatic carbocycles. The molecule has 0 saturated carbocycles. The van der Waals surface area contributed by atoms with E-state index in [9.17, 15) is 4.79 Å². The Morgan fingerprint density at radius 3 is 2.68 bits per heavy atom. The number of carbonyl (C=O) groups excluding carboxylic acids is 1. The molecule has 1 amide bonds. The standard InChI is InChI=1S/C20H23ClN2OS/c1-15(25-19-9-7-17(21)8-10-19)20(24)22-18-11-12-23(14-18)13-16-5-3-2-4-6-16/h2-10,15,18H,11-14H2,1H3,(H,22,24)/t15-,18+/m0/s1. The van der Waals surface area contributed by atoms with E-state index in [1.165, 1.54) is 5.56 Å². The quantitative estimate of drug-likeness (QED) is 0.768. The lowest BCUT2D eigenvalue weighted by Gasteiger charge is -2.18. The van der Waals surface area contributed by atoms with Gasteiger partial charge in [0.15, 0.2) is 0 Å². The van der Waals surface area contributed by atoms with Gasteiger partial charge in [0.25, 0.3) is 0 Å². The predicted octanol–water partition coefficient (Wildman–Crippen LogP) is 4.21. The molecule has 3 rings (SSSR count). The van der Waals surface area contributed by atoms with Gasteiger partial charge in [-0.05, 0) is 43.2 Å². The fourth-order valence-corrected chi connectivity index (χ4v) is 4.03. The van der Waals surface area contributed by atoms with Crippen molar-refractivity contribution in [2.75, 3.05) is 13.1 Å². The molecule has 0 bridgehead atoms. The van der Waals surface area contributed by atoms with Crippen molar-refractivity contribution in [3.8, 4) is 0 Å². The highest BCUT2D eigenvalue weighted by atomic mass is 35.5. The van der Waals surface area contributed by atoms with Gasteiger partial charge in [0.05, 0.1) is 5.25 Å². The molecule has 1 N–H and O–H groups in total. The molecule has 2 aromatic rings. The summed E-state index contributed by atoms with van der Waals surface area (Å²) in [5.74, 6) is 0.103. The second-order valence-corrected chi connectivity index (χ2v) is 8.28. The smallest absolute Gasteiger partial charge is 0.233 e. The molecule has 2 aromatic carbocycles. The maximum atomic E-state index is 12.5. The van der Waals surface area contributed by atoms with Gasteiger partial charge in [-0.15, -0.1) is 11.8 Å². The molecule has 0 aromatic heterocycles. The molecule has 1 heterocycles. The first-order chi connectivity index (χ1) is 12.1. The Balaban J connectivity index is 1.45. The number of amides is 1. The first kappa shape index (κ1) is 18.3. The largest absolute Gasteiger partial charge is 0.351 e. The first-order valence-electron chi connectivity index (χ1n) is 8.59. The van der Waals surface area contributed by atoms with Gasteiger partial charge in [-0.2, -0.15) is 0 Å². The van der Waals surface area contributed by atoms with Crippen LogP contribution in [0.4, 0.5) is 0 Å². The van der Waals surface area contributed by atoms with E-state index in [-0.39, 0.29) is 17.2 Å². The van der Waals surface area contributed by atoms with Gasteiger partial charge in [-0.1, -0.05) is 41.9 Å². The van der Waals surface area contributed by atoms with E-state index in [0.717, 1.165) is 31.0 Å². The van der Waals surface area contributed by atoms with Crippen molar-refractivity contribution in [1.29, 1.82) is 0 Å². The molecular weight excluding hydrogens is 352 g/mol. The van der Waals surface area contributed by atoms with Gasteiger partial charge in [0.1, 0.15) is 0 Å². The average molecular weight is 375 g/mol. The lowest BCUT2D eigenvalue weighted by molar-refractivity contribution is -0.120. The number of nitrogens with zero attached hydrogens (tertiary/aromatic N) is 1. The highest BCUT2D eigenvalue weighted by molar-refractivity contribution is 8.00. The third-order valence-corrected chi connectivity index (χ3v) is 5.73. The lowest BCUT2D eigenvalue weighted by Crippen LogP contribution is -2.40. The van der Waals surface area contributed by atoms with Crippen molar-refractivity contribution in [3.63, 3.8) is 0 Å². The first-order valence-corrected chi connectivity index (χ1v) is 9.85. The van der Waals surface area contributed by atoms with E-state index in [2.05, 4.69) is 34.5 Å². The van der Waals surface area contributed by atoms with E-state index in [4.69, 9.17) is 11.6 Å². The molecule has 2 atom stereocenters.